The van der Waals surface area contributed by atoms with Crippen molar-refractivity contribution in [2.24, 2.45) is 5.92 Å². The largest absolute Gasteiger partial charge is 0.414 e. The van der Waals surface area contributed by atoms with E-state index in [0.29, 0.717) is 0 Å². The van der Waals surface area contributed by atoms with E-state index in [4.69, 9.17) is 9.69 Å². The Balaban J connectivity index is 2.54. The molecule has 4 heteroatoms. The monoisotopic (exact) mass is 267 g/mol. The number of ketones is 1. The molecule has 0 saturated heterocycles. The first-order valence-electron chi connectivity index (χ1n) is 6.75. The highest BCUT2D eigenvalue weighted by Gasteiger charge is 2.41. The molecule has 0 amide bonds. The van der Waals surface area contributed by atoms with Crippen LogP contribution in [-0.4, -0.2) is 20.2 Å². The van der Waals surface area contributed by atoms with Crippen LogP contribution in [0.5, 0.6) is 0 Å². The van der Waals surface area contributed by atoms with Gasteiger partial charge in [0.1, 0.15) is 5.78 Å². The fourth-order valence-electron chi connectivity index (χ4n) is 2.16. The van der Waals surface area contributed by atoms with Crippen LogP contribution in [0.25, 0.3) is 0 Å². The van der Waals surface area contributed by atoms with Gasteiger partial charge >= 0.3 is 0 Å². The van der Waals surface area contributed by atoms with Crippen LogP contribution in [0.1, 0.15) is 46.5 Å². The van der Waals surface area contributed by atoms with E-state index in [-0.39, 0.29) is 29.3 Å². The van der Waals surface area contributed by atoms with Gasteiger partial charge in [-0.25, -0.2) is 0 Å². The summed E-state index contributed by atoms with van der Waals surface area (Å²) in [6.45, 7) is 11.2. The summed E-state index contributed by atoms with van der Waals surface area (Å²) in [7, 11) is -1.73. The molecule has 0 heterocycles. The Morgan fingerprint density at radius 2 is 2.00 bits per heavy atom. The predicted molar refractivity (Wildman–Crippen MR) is 74.6 cm³/mol. The van der Waals surface area contributed by atoms with Gasteiger partial charge in [-0.05, 0) is 37.4 Å². The second-order valence-corrected chi connectivity index (χ2v) is 11.6. The highest BCUT2D eigenvalue weighted by Crippen LogP contribution is 2.40. The first kappa shape index (κ1) is 15.4. The van der Waals surface area contributed by atoms with Crippen molar-refractivity contribution in [2.45, 2.75) is 70.7 Å². The minimum atomic E-state index is -1.73. The highest BCUT2D eigenvalue weighted by atomic mass is 28.4. The number of Topliss-reactive ketones (excluding diaryl/α,β-unsaturated/α-hetero) is 1. The van der Waals surface area contributed by atoms with E-state index in [1.165, 1.54) is 0 Å². The molecule has 3 nitrogen and oxygen atoms in total. The average Bonchev–Trinajstić information content (AvgIpc) is 2.64. The van der Waals surface area contributed by atoms with Gasteiger partial charge in [0.25, 0.3) is 0 Å². The van der Waals surface area contributed by atoms with Crippen molar-refractivity contribution in [1.29, 1.82) is 5.26 Å². The molecular formula is C14H25NO2Si. The lowest BCUT2D eigenvalue weighted by molar-refractivity contribution is -0.121. The Hall–Kier alpha value is -0.663. The van der Waals surface area contributed by atoms with Gasteiger partial charge in [0.05, 0.1) is 12.5 Å². The molecule has 1 aliphatic rings. The molecule has 0 bridgehead atoms. The molecule has 102 valence electrons. The quantitative estimate of drug-likeness (QED) is 0.730. The highest BCUT2D eigenvalue weighted by molar-refractivity contribution is 6.74. The first-order chi connectivity index (χ1) is 8.17. The van der Waals surface area contributed by atoms with Crippen LogP contribution >= 0.6 is 0 Å². The number of rotatable bonds is 4. The van der Waals surface area contributed by atoms with Gasteiger partial charge in [0.2, 0.25) is 0 Å². The second-order valence-electron chi connectivity index (χ2n) is 6.81. The van der Waals surface area contributed by atoms with Crippen LogP contribution in [-0.2, 0) is 9.22 Å². The van der Waals surface area contributed by atoms with E-state index in [1.54, 1.807) is 0 Å². The van der Waals surface area contributed by atoms with Gasteiger partial charge in [-0.3, -0.25) is 4.79 Å². The van der Waals surface area contributed by atoms with E-state index in [1.807, 2.05) is 6.07 Å². The molecule has 2 unspecified atom stereocenters. The number of carbonyl (C=O) groups excluding carboxylic acids is 1. The van der Waals surface area contributed by atoms with Crippen molar-refractivity contribution < 1.29 is 9.22 Å². The van der Waals surface area contributed by atoms with E-state index >= 15 is 0 Å². The summed E-state index contributed by atoms with van der Waals surface area (Å²) >= 11 is 0. The molecule has 1 fully saturated rings. The van der Waals surface area contributed by atoms with Gasteiger partial charge in [-0.2, -0.15) is 5.26 Å². The molecule has 0 N–H and O–H groups in total. The van der Waals surface area contributed by atoms with Crippen molar-refractivity contribution in [1.82, 2.24) is 0 Å². The standard InChI is InChI=1S/C14H25NO2Si/c1-14(2,3)18(4,5)17-12-7-6-11(10-12)13(16)8-9-15/h11-12H,6-8,10H2,1-5H3. The minimum absolute atomic E-state index is 0.0531. The molecule has 0 spiro atoms. The Bertz CT molecular complexity index is 352. The van der Waals surface area contributed by atoms with Crippen LogP contribution in [0, 0.1) is 17.2 Å². The Kier molecular flexibility index (Phi) is 4.74. The summed E-state index contributed by atoms with van der Waals surface area (Å²) in [6.07, 6.45) is 2.94. The first-order valence-corrected chi connectivity index (χ1v) is 9.65. The van der Waals surface area contributed by atoms with Crippen molar-refractivity contribution in [3.63, 3.8) is 0 Å². The lowest BCUT2D eigenvalue weighted by Gasteiger charge is -2.38. The fourth-order valence-corrected chi connectivity index (χ4v) is 3.56. The van der Waals surface area contributed by atoms with E-state index < -0.39 is 8.32 Å². The number of carbonyl (C=O) groups is 1. The van der Waals surface area contributed by atoms with Gasteiger partial charge in [0.15, 0.2) is 8.32 Å². The topological polar surface area (TPSA) is 50.1 Å². The third-order valence-corrected chi connectivity index (χ3v) is 8.90. The van der Waals surface area contributed by atoms with E-state index in [9.17, 15) is 4.79 Å². The van der Waals surface area contributed by atoms with Crippen molar-refractivity contribution in [2.75, 3.05) is 0 Å². The van der Waals surface area contributed by atoms with Crippen molar-refractivity contribution in [3.05, 3.63) is 0 Å². The Labute approximate surface area is 112 Å². The fraction of sp³-hybridized carbons (Fsp3) is 0.857. The molecule has 0 aliphatic heterocycles. The molecule has 0 aromatic rings. The van der Waals surface area contributed by atoms with Gasteiger partial charge in [0, 0.05) is 12.0 Å². The van der Waals surface area contributed by atoms with Crippen molar-refractivity contribution in [3.8, 4) is 6.07 Å². The molecular weight excluding hydrogens is 242 g/mol. The zero-order valence-corrected chi connectivity index (χ0v) is 13.2. The minimum Gasteiger partial charge on any atom is -0.414 e. The number of hydrogen-bond donors (Lipinski definition) is 0. The molecule has 2 atom stereocenters. The van der Waals surface area contributed by atoms with Crippen LogP contribution < -0.4 is 0 Å². The van der Waals surface area contributed by atoms with Crippen LogP contribution in [0.3, 0.4) is 0 Å². The Morgan fingerprint density at radius 1 is 1.39 bits per heavy atom. The van der Waals surface area contributed by atoms with E-state index in [0.717, 1.165) is 19.3 Å². The number of nitriles is 1. The van der Waals surface area contributed by atoms with Crippen molar-refractivity contribution >= 4 is 14.1 Å². The maximum absolute atomic E-state index is 11.7. The van der Waals surface area contributed by atoms with Gasteiger partial charge in [-0.15, -0.1) is 0 Å². The maximum atomic E-state index is 11.7. The summed E-state index contributed by atoms with van der Waals surface area (Å²) in [5.74, 6) is 0.151. The molecule has 1 rings (SSSR count). The average molecular weight is 267 g/mol. The molecule has 0 aromatic heterocycles. The summed E-state index contributed by atoms with van der Waals surface area (Å²) in [6, 6.07) is 1.95. The predicted octanol–water partition coefficient (Wildman–Crippen LogP) is 3.66. The SMILES string of the molecule is CC(C)(C)[Si](C)(C)OC1CCC(C(=O)CC#N)C1. The zero-order chi connectivity index (χ0) is 14.0. The van der Waals surface area contributed by atoms with Crippen LogP contribution in [0.15, 0.2) is 0 Å². The molecule has 18 heavy (non-hydrogen) atoms. The maximum Gasteiger partial charge on any atom is 0.192 e. The normalized spacial score (nSPS) is 24.9. The zero-order valence-electron chi connectivity index (χ0n) is 12.2. The third-order valence-electron chi connectivity index (χ3n) is 4.36. The molecule has 0 radical (unpaired) electrons. The third kappa shape index (κ3) is 3.66. The summed E-state index contributed by atoms with van der Waals surface area (Å²) in [5, 5.41) is 8.77. The summed E-state index contributed by atoms with van der Waals surface area (Å²) < 4.78 is 6.33. The summed E-state index contributed by atoms with van der Waals surface area (Å²) in [4.78, 5) is 11.7. The van der Waals surface area contributed by atoms with Crippen LogP contribution in [0.4, 0.5) is 0 Å². The second kappa shape index (κ2) is 5.54. The van der Waals surface area contributed by atoms with Crippen LogP contribution in [0.2, 0.25) is 18.1 Å². The van der Waals surface area contributed by atoms with Gasteiger partial charge < -0.3 is 4.43 Å². The Morgan fingerprint density at radius 3 is 2.50 bits per heavy atom. The lowest BCUT2D eigenvalue weighted by atomic mass is 10.0. The number of nitrogens with zero attached hydrogens (tertiary/aromatic N) is 1. The molecule has 1 aliphatic carbocycles. The lowest BCUT2D eigenvalue weighted by Crippen LogP contribution is -2.43. The van der Waals surface area contributed by atoms with Gasteiger partial charge in [-0.1, -0.05) is 20.8 Å². The molecule has 1 saturated carbocycles. The number of hydrogen-bond acceptors (Lipinski definition) is 3. The summed E-state index contributed by atoms with van der Waals surface area (Å²) in [5.41, 5.74) is 0. The molecule has 0 aromatic carbocycles. The smallest absolute Gasteiger partial charge is 0.192 e. The van der Waals surface area contributed by atoms with E-state index in [2.05, 4.69) is 33.9 Å².